The summed E-state index contributed by atoms with van der Waals surface area (Å²) in [6, 6.07) is 3.10. The lowest BCUT2D eigenvalue weighted by Gasteiger charge is -2.09. The molecule has 0 spiro atoms. The Morgan fingerprint density at radius 2 is 2.21 bits per heavy atom. The number of carbonyl (C=O) groups is 1. The van der Waals surface area contributed by atoms with Gasteiger partial charge in [-0.25, -0.2) is 4.79 Å². The van der Waals surface area contributed by atoms with Crippen molar-refractivity contribution in [1.29, 1.82) is 0 Å². The molecule has 0 aliphatic carbocycles. The number of nitrogens with two attached hydrogens (primary N) is 1. The molecule has 0 aliphatic heterocycles. The van der Waals surface area contributed by atoms with Gasteiger partial charge >= 0.3 is 5.97 Å². The van der Waals surface area contributed by atoms with Crippen molar-refractivity contribution in [2.24, 2.45) is 0 Å². The Bertz CT molecular complexity index is 361. The van der Waals surface area contributed by atoms with Crippen molar-refractivity contribution in [3.63, 3.8) is 0 Å². The van der Waals surface area contributed by atoms with E-state index < -0.39 is 5.97 Å². The van der Waals surface area contributed by atoms with E-state index in [0.29, 0.717) is 17.9 Å². The van der Waals surface area contributed by atoms with Gasteiger partial charge in [-0.1, -0.05) is 6.92 Å². The number of ether oxygens (including phenoxy) is 1. The third kappa shape index (κ3) is 1.79. The number of aromatic carboxylic acids is 1. The van der Waals surface area contributed by atoms with Gasteiger partial charge in [-0.3, -0.25) is 0 Å². The van der Waals surface area contributed by atoms with Crippen molar-refractivity contribution in [2.45, 2.75) is 13.3 Å². The number of carboxylic acids is 1. The summed E-state index contributed by atoms with van der Waals surface area (Å²) >= 11 is 0. The lowest BCUT2D eigenvalue weighted by Crippen LogP contribution is -2.04. The zero-order valence-corrected chi connectivity index (χ0v) is 8.20. The van der Waals surface area contributed by atoms with E-state index in [1.165, 1.54) is 7.11 Å². The number of hydrogen-bond acceptors (Lipinski definition) is 3. The molecule has 0 heterocycles. The molecule has 0 amide bonds. The first kappa shape index (κ1) is 10.4. The summed E-state index contributed by atoms with van der Waals surface area (Å²) in [5.41, 5.74) is 7.24. The van der Waals surface area contributed by atoms with Crippen LogP contribution in [0.25, 0.3) is 0 Å². The summed E-state index contributed by atoms with van der Waals surface area (Å²) in [5.74, 6) is -0.705. The maximum absolute atomic E-state index is 10.8. The van der Waals surface area contributed by atoms with Gasteiger partial charge < -0.3 is 15.6 Å². The lowest BCUT2D eigenvalue weighted by molar-refractivity contribution is 0.0693. The van der Waals surface area contributed by atoms with Gasteiger partial charge in [0, 0.05) is 11.8 Å². The first-order chi connectivity index (χ1) is 6.60. The maximum atomic E-state index is 10.8. The fraction of sp³-hybridized carbons (Fsp3) is 0.300. The van der Waals surface area contributed by atoms with E-state index in [1.807, 2.05) is 6.92 Å². The molecule has 1 aromatic carbocycles. The van der Waals surface area contributed by atoms with Crippen LogP contribution in [-0.4, -0.2) is 18.2 Å². The van der Waals surface area contributed by atoms with Crippen molar-refractivity contribution in [1.82, 2.24) is 0 Å². The van der Waals surface area contributed by atoms with Crippen molar-refractivity contribution < 1.29 is 14.6 Å². The van der Waals surface area contributed by atoms with Crippen molar-refractivity contribution in [2.75, 3.05) is 12.8 Å². The van der Waals surface area contributed by atoms with Gasteiger partial charge in [-0.15, -0.1) is 0 Å². The molecular formula is C10H13NO3. The molecule has 1 aromatic rings. The fourth-order valence-corrected chi connectivity index (χ4v) is 1.28. The highest BCUT2D eigenvalue weighted by Gasteiger charge is 2.13. The van der Waals surface area contributed by atoms with Gasteiger partial charge in [0.2, 0.25) is 0 Å². The van der Waals surface area contributed by atoms with Crippen LogP contribution in [0, 0.1) is 0 Å². The Labute approximate surface area is 82.3 Å². The summed E-state index contributed by atoms with van der Waals surface area (Å²) in [5, 5.41) is 8.89. The van der Waals surface area contributed by atoms with E-state index in [2.05, 4.69) is 0 Å². The average molecular weight is 195 g/mol. The van der Waals surface area contributed by atoms with Crippen molar-refractivity contribution in [3.8, 4) is 5.75 Å². The minimum absolute atomic E-state index is 0.151. The van der Waals surface area contributed by atoms with Gasteiger partial charge in [0.25, 0.3) is 0 Å². The molecule has 4 heteroatoms. The topological polar surface area (TPSA) is 72.5 Å². The SMILES string of the molecule is CCc1cc(C(=O)O)c(OC)cc1N. The van der Waals surface area contributed by atoms with Crippen LogP contribution in [0.5, 0.6) is 5.75 Å². The lowest BCUT2D eigenvalue weighted by atomic mass is 10.1. The Morgan fingerprint density at radius 1 is 1.57 bits per heavy atom. The maximum Gasteiger partial charge on any atom is 0.339 e. The van der Waals surface area contributed by atoms with Crippen LogP contribution in [0.15, 0.2) is 12.1 Å². The molecule has 0 saturated heterocycles. The second kappa shape index (κ2) is 4.00. The Kier molecular flexibility index (Phi) is 2.96. The van der Waals surface area contributed by atoms with E-state index in [-0.39, 0.29) is 5.56 Å². The molecule has 0 radical (unpaired) electrons. The molecule has 3 N–H and O–H groups in total. The van der Waals surface area contributed by atoms with Gasteiger partial charge in [-0.2, -0.15) is 0 Å². The normalized spacial score (nSPS) is 9.86. The summed E-state index contributed by atoms with van der Waals surface area (Å²) in [4.78, 5) is 10.8. The number of nitrogen functional groups attached to an aromatic ring is 1. The van der Waals surface area contributed by atoms with Crippen molar-refractivity contribution >= 4 is 11.7 Å². The van der Waals surface area contributed by atoms with Crippen LogP contribution < -0.4 is 10.5 Å². The van der Waals surface area contributed by atoms with Crippen LogP contribution in [0.1, 0.15) is 22.8 Å². The van der Waals surface area contributed by atoms with Crippen molar-refractivity contribution in [3.05, 3.63) is 23.3 Å². The highest BCUT2D eigenvalue weighted by molar-refractivity contribution is 5.92. The molecule has 4 nitrogen and oxygen atoms in total. The number of methoxy groups -OCH3 is 1. The number of rotatable bonds is 3. The second-order valence-electron chi connectivity index (χ2n) is 2.91. The predicted molar refractivity (Wildman–Crippen MR) is 53.7 cm³/mol. The van der Waals surface area contributed by atoms with Crippen LogP contribution in [-0.2, 0) is 6.42 Å². The molecule has 0 unspecified atom stereocenters. The number of aryl methyl sites for hydroxylation is 1. The molecule has 0 aliphatic rings. The molecule has 0 saturated carbocycles. The largest absolute Gasteiger partial charge is 0.496 e. The molecule has 0 bridgehead atoms. The Balaban J connectivity index is 3.32. The van der Waals surface area contributed by atoms with E-state index in [1.54, 1.807) is 12.1 Å². The first-order valence-corrected chi connectivity index (χ1v) is 4.29. The summed E-state index contributed by atoms with van der Waals surface area (Å²) in [6.45, 7) is 1.92. The molecule has 1 rings (SSSR count). The quantitative estimate of drug-likeness (QED) is 0.717. The minimum atomic E-state index is -1.00. The predicted octanol–water partition coefficient (Wildman–Crippen LogP) is 1.54. The van der Waals surface area contributed by atoms with Gasteiger partial charge in [0.15, 0.2) is 0 Å². The van der Waals surface area contributed by atoms with Gasteiger partial charge in [0.05, 0.1) is 7.11 Å². The number of anilines is 1. The average Bonchev–Trinajstić information content (AvgIpc) is 2.16. The van der Waals surface area contributed by atoms with Gasteiger partial charge in [0.1, 0.15) is 11.3 Å². The molecular weight excluding hydrogens is 182 g/mol. The zero-order valence-electron chi connectivity index (χ0n) is 8.20. The monoisotopic (exact) mass is 195 g/mol. The number of benzene rings is 1. The van der Waals surface area contributed by atoms with E-state index in [0.717, 1.165) is 5.56 Å². The minimum Gasteiger partial charge on any atom is -0.496 e. The summed E-state index contributed by atoms with van der Waals surface area (Å²) in [6.07, 6.45) is 0.704. The van der Waals surface area contributed by atoms with E-state index >= 15 is 0 Å². The van der Waals surface area contributed by atoms with E-state index in [9.17, 15) is 4.79 Å². The smallest absolute Gasteiger partial charge is 0.339 e. The third-order valence-electron chi connectivity index (χ3n) is 2.07. The summed E-state index contributed by atoms with van der Waals surface area (Å²) in [7, 11) is 1.42. The molecule has 76 valence electrons. The van der Waals surface area contributed by atoms with Gasteiger partial charge in [-0.05, 0) is 18.1 Å². The highest BCUT2D eigenvalue weighted by Crippen LogP contribution is 2.25. The molecule has 0 atom stereocenters. The first-order valence-electron chi connectivity index (χ1n) is 4.29. The molecule has 0 aromatic heterocycles. The van der Waals surface area contributed by atoms with Crippen LogP contribution in [0.4, 0.5) is 5.69 Å². The summed E-state index contributed by atoms with van der Waals surface area (Å²) < 4.78 is 4.93. The molecule has 14 heavy (non-hydrogen) atoms. The standard InChI is InChI=1S/C10H13NO3/c1-3-6-4-7(10(12)13)9(14-2)5-8(6)11/h4-5H,3,11H2,1-2H3,(H,12,13). The Morgan fingerprint density at radius 3 is 2.64 bits per heavy atom. The number of hydrogen-bond donors (Lipinski definition) is 2. The zero-order chi connectivity index (χ0) is 10.7. The Hall–Kier alpha value is -1.71. The van der Waals surface area contributed by atoms with Crippen LogP contribution in [0.2, 0.25) is 0 Å². The van der Waals surface area contributed by atoms with Crippen LogP contribution >= 0.6 is 0 Å². The second-order valence-corrected chi connectivity index (χ2v) is 2.91. The molecule has 0 fully saturated rings. The fourth-order valence-electron chi connectivity index (χ4n) is 1.28. The number of carboxylic acid groups (broad SMARTS) is 1. The van der Waals surface area contributed by atoms with Crippen LogP contribution in [0.3, 0.4) is 0 Å². The highest BCUT2D eigenvalue weighted by atomic mass is 16.5. The third-order valence-corrected chi connectivity index (χ3v) is 2.07. The van der Waals surface area contributed by atoms with E-state index in [4.69, 9.17) is 15.6 Å².